The molecule has 0 bridgehead atoms. The Labute approximate surface area is 83.2 Å². The Morgan fingerprint density at radius 1 is 1.21 bits per heavy atom. The van der Waals surface area contributed by atoms with Crippen molar-refractivity contribution in [3.63, 3.8) is 0 Å². The van der Waals surface area contributed by atoms with E-state index in [1.165, 1.54) is 5.56 Å². The number of aromatic nitrogens is 2. The number of aryl methyl sites for hydroxylation is 1. The summed E-state index contributed by atoms with van der Waals surface area (Å²) in [6.45, 7) is 2.07. The summed E-state index contributed by atoms with van der Waals surface area (Å²) < 4.78 is 1.88. The van der Waals surface area contributed by atoms with Gasteiger partial charge in [0.25, 0.3) is 0 Å². The molecule has 72 valence electrons. The summed E-state index contributed by atoms with van der Waals surface area (Å²) in [5.41, 5.74) is 8.05. The molecule has 2 rings (SSSR count). The summed E-state index contributed by atoms with van der Waals surface area (Å²) in [6, 6.07) is 8.24. The van der Waals surface area contributed by atoms with Gasteiger partial charge in [0.05, 0.1) is 6.20 Å². The fraction of sp³-hybridized carbons (Fsp3) is 0.182. The van der Waals surface area contributed by atoms with Crippen LogP contribution in [0.2, 0.25) is 0 Å². The predicted octanol–water partition coefficient (Wildman–Crippen LogP) is 1.98. The molecule has 0 aliphatic carbocycles. The molecule has 3 heteroatoms. The van der Waals surface area contributed by atoms with E-state index in [4.69, 9.17) is 5.73 Å². The highest BCUT2D eigenvalue weighted by Crippen LogP contribution is 2.19. The van der Waals surface area contributed by atoms with Gasteiger partial charge in [0.15, 0.2) is 0 Å². The van der Waals surface area contributed by atoms with Crippen LogP contribution in [0.15, 0.2) is 30.5 Å². The lowest BCUT2D eigenvalue weighted by atomic mass is 10.1. The van der Waals surface area contributed by atoms with E-state index in [2.05, 4.69) is 36.2 Å². The first-order chi connectivity index (χ1) is 6.68. The van der Waals surface area contributed by atoms with Gasteiger partial charge in [0.2, 0.25) is 0 Å². The van der Waals surface area contributed by atoms with E-state index in [-0.39, 0.29) is 0 Å². The number of benzene rings is 1. The Morgan fingerprint density at radius 3 is 2.36 bits per heavy atom. The monoisotopic (exact) mass is 187 g/mol. The van der Waals surface area contributed by atoms with Gasteiger partial charge >= 0.3 is 0 Å². The minimum atomic E-state index is 0.681. The smallest absolute Gasteiger partial charge is 0.141 e. The summed E-state index contributed by atoms with van der Waals surface area (Å²) in [4.78, 5) is 4.25. The Morgan fingerprint density at radius 2 is 1.86 bits per heavy atom. The van der Waals surface area contributed by atoms with E-state index in [0.717, 1.165) is 11.4 Å². The molecule has 2 N–H and O–H groups in total. The van der Waals surface area contributed by atoms with Crippen LogP contribution in [-0.2, 0) is 7.05 Å². The Hall–Kier alpha value is -1.77. The van der Waals surface area contributed by atoms with Crippen molar-refractivity contribution in [2.45, 2.75) is 6.92 Å². The maximum atomic E-state index is 5.71. The van der Waals surface area contributed by atoms with Crippen molar-refractivity contribution in [2.24, 2.45) is 7.05 Å². The fourth-order valence-electron chi connectivity index (χ4n) is 1.39. The summed E-state index contributed by atoms with van der Waals surface area (Å²) in [6.07, 6.45) is 1.68. The molecule has 3 nitrogen and oxygen atoms in total. The normalized spacial score (nSPS) is 10.4. The van der Waals surface area contributed by atoms with Crippen molar-refractivity contribution in [2.75, 3.05) is 5.73 Å². The first kappa shape index (κ1) is 8.81. The SMILES string of the molecule is Cc1ccc(-c2ncc(N)n2C)cc1. The minimum Gasteiger partial charge on any atom is -0.384 e. The molecule has 2 aromatic rings. The lowest BCUT2D eigenvalue weighted by Gasteiger charge is -2.03. The lowest BCUT2D eigenvalue weighted by molar-refractivity contribution is 0.936. The molecule has 1 aromatic carbocycles. The molecule has 0 aliphatic rings. The van der Waals surface area contributed by atoms with Gasteiger partial charge in [0, 0.05) is 12.6 Å². The Balaban J connectivity index is 2.49. The molecule has 0 aliphatic heterocycles. The van der Waals surface area contributed by atoms with Crippen molar-refractivity contribution in [1.29, 1.82) is 0 Å². The Bertz CT molecular complexity index is 440. The number of rotatable bonds is 1. The number of hydrogen-bond donors (Lipinski definition) is 1. The zero-order chi connectivity index (χ0) is 10.1. The Kier molecular flexibility index (Phi) is 2.00. The molecule has 1 aromatic heterocycles. The molecular weight excluding hydrogens is 174 g/mol. The lowest BCUT2D eigenvalue weighted by Crippen LogP contribution is -1.97. The second kappa shape index (κ2) is 3.18. The van der Waals surface area contributed by atoms with E-state index >= 15 is 0 Å². The van der Waals surface area contributed by atoms with E-state index in [9.17, 15) is 0 Å². The average molecular weight is 187 g/mol. The highest BCUT2D eigenvalue weighted by atomic mass is 15.1. The van der Waals surface area contributed by atoms with Crippen molar-refractivity contribution >= 4 is 5.82 Å². The molecule has 1 heterocycles. The van der Waals surface area contributed by atoms with Gasteiger partial charge in [-0.1, -0.05) is 29.8 Å². The van der Waals surface area contributed by atoms with E-state index in [1.807, 2.05) is 11.6 Å². The maximum Gasteiger partial charge on any atom is 0.141 e. The summed E-state index contributed by atoms with van der Waals surface area (Å²) in [5.74, 6) is 1.59. The third-order valence-corrected chi connectivity index (χ3v) is 2.33. The van der Waals surface area contributed by atoms with Crippen LogP contribution in [0.3, 0.4) is 0 Å². The zero-order valence-electron chi connectivity index (χ0n) is 8.36. The fourth-order valence-corrected chi connectivity index (χ4v) is 1.39. The number of nitrogen functional groups attached to an aromatic ring is 1. The van der Waals surface area contributed by atoms with Gasteiger partial charge in [-0.2, -0.15) is 0 Å². The molecule has 0 radical (unpaired) electrons. The number of anilines is 1. The molecule has 0 unspecified atom stereocenters. The predicted molar refractivity (Wildman–Crippen MR) is 57.8 cm³/mol. The van der Waals surface area contributed by atoms with E-state index < -0.39 is 0 Å². The molecule has 0 saturated carbocycles. The van der Waals surface area contributed by atoms with Crippen LogP contribution in [0, 0.1) is 6.92 Å². The highest BCUT2D eigenvalue weighted by molar-refractivity contribution is 5.58. The number of nitrogens with two attached hydrogens (primary N) is 1. The van der Waals surface area contributed by atoms with Gasteiger partial charge in [-0.25, -0.2) is 4.98 Å². The third-order valence-electron chi connectivity index (χ3n) is 2.33. The molecule has 0 spiro atoms. The molecular formula is C11H13N3. The molecule has 0 saturated heterocycles. The summed E-state index contributed by atoms with van der Waals surface area (Å²) in [7, 11) is 1.91. The van der Waals surface area contributed by atoms with E-state index in [1.54, 1.807) is 6.20 Å². The van der Waals surface area contributed by atoms with Crippen LogP contribution >= 0.6 is 0 Å². The third kappa shape index (κ3) is 1.37. The van der Waals surface area contributed by atoms with Gasteiger partial charge in [-0.05, 0) is 6.92 Å². The maximum absolute atomic E-state index is 5.71. The topological polar surface area (TPSA) is 43.8 Å². The average Bonchev–Trinajstić information content (AvgIpc) is 2.50. The van der Waals surface area contributed by atoms with Gasteiger partial charge in [-0.15, -0.1) is 0 Å². The molecule has 0 amide bonds. The van der Waals surface area contributed by atoms with Crippen LogP contribution < -0.4 is 5.73 Å². The van der Waals surface area contributed by atoms with Gasteiger partial charge < -0.3 is 10.3 Å². The summed E-state index contributed by atoms with van der Waals surface area (Å²) >= 11 is 0. The van der Waals surface area contributed by atoms with Crippen LogP contribution in [0.1, 0.15) is 5.56 Å². The number of imidazole rings is 1. The minimum absolute atomic E-state index is 0.681. The van der Waals surface area contributed by atoms with Crippen molar-refractivity contribution < 1.29 is 0 Å². The highest BCUT2D eigenvalue weighted by Gasteiger charge is 2.05. The van der Waals surface area contributed by atoms with Crippen LogP contribution in [-0.4, -0.2) is 9.55 Å². The second-order valence-corrected chi connectivity index (χ2v) is 3.43. The van der Waals surface area contributed by atoms with Crippen molar-refractivity contribution in [1.82, 2.24) is 9.55 Å². The molecule has 14 heavy (non-hydrogen) atoms. The van der Waals surface area contributed by atoms with Gasteiger partial charge in [0.1, 0.15) is 11.6 Å². The molecule has 0 fully saturated rings. The van der Waals surface area contributed by atoms with Gasteiger partial charge in [-0.3, -0.25) is 0 Å². The number of hydrogen-bond acceptors (Lipinski definition) is 2. The quantitative estimate of drug-likeness (QED) is 0.741. The largest absolute Gasteiger partial charge is 0.384 e. The van der Waals surface area contributed by atoms with Crippen LogP contribution in [0.25, 0.3) is 11.4 Å². The first-order valence-corrected chi connectivity index (χ1v) is 4.52. The second-order valence-electron chi connectivity index (χ2n) is 3.43. The molecule has 0 atom stereocenters. The number of nitrogens with zero attached hydrogens (tertiary/aromatic N) is 2. The van der Waals surface area contributed by atoms with E-state index in [0.29, 0.717) is 5.82 Å². The zero-order valence-corrected chi connectivity index (χ0v) is 8.36. The van der Waals surface area contributed by atoms with Crippen molar-refractivity contribution in [3.05, 3.63) is 36.0 Å². The van der Waals surface area contributed by atoms with Crippen LogP contribution in [0.4, 0.5) is 5.82 Å². The standard InChI is InChI=1S/C11H13N3/c1-8-3-5-9(6-4-8)11-13-7-10(12)14(11)2/h3-7H,12H2,1-2H3. The van der Waals surface area contributed by atoms with Crippen molar-refractivity contribution in [3.8, 4) is 11.4 Å². The first-order valence-electron chi connectivity index (χ1n) is 4.52. The summed E-state index contributed by atoms with van der Waals surface area (Å²) in [5, 5.41) is 0. The van der Waals surface area contributed by atoms with Crippen LogP contribution in [0.5, 0.6) is 0 Å².